The first kappa shape index (κ1) is 15.8. The fourth-order valence-corrected chi connectivity index (χ4v) is 2.98. The lowest BCUT2D eigenvalue weighted by Crippen LogP contribution is -2.29. The Kier molecular flexibility index (Phi) is 5.62. The molecular weight excluding hydrogens is 264 g/mol. The van der Waals surface area contributed by atoms with Crippen molar-refractivity contribution in [1.29, 1.82) is 0 Å². The van der Waals surface area contributed by atoms with E-state index in [0.29, 0.717) is 25.4 Å². The maximum Gasteiger partial charge on any atom is 0.222 e. The molecule has 4 nitrogen and oxygen atoms in total. The van der Waals surface area contributed by atoms with Gasteiger partial charge in [0.2, 0.25) is 5.91 Å². The number of ether oxygens (including phenoxy) is 1. The van der Waals surface area contributed by atoms with E-state index < -0.39 is 0 Å². The Balaban J connectivity index is 2.08. The van der Waals surface area contributed by atoms with Crippen LogP contribution in [0.2, 0.25) is 0 Å². The van der Waals surface area contributed by atoms with E-state index in [4.69, 9.17) is 10.5 Å². The molecule has 1 saturated heterocycles. The highest BCUT2D eigenvalue weighted by atomic mass is 16.5. The molecule has 1 aliphatic rings. The number of amides is 1. The van der Waals surface area contributed by atoms with Crippen molar-refractivity contribution < 1.29 is 9.53 Å². The van der Waals surface area contributed by atoms with Crippen molar-refractivity contribution in [2.45, 2.75) is 45.7 Å². The van der Waals surface area contributed by atoms with Gasteiger partial charge in [-0.3, -0.25) is 4.79 Å². The van der Waals surface area contributed by atoms with Crippen molar-refractivity contribution in [3.05, 3.63) is 29.3 Å². The van der Waals surface area contributed by atoms with E-state index in [1.807, 2.05) is 23.1 Å². The molecule has 0 bridgehead atoms. The van der Waals surface area contributed by atoms with Gasteiger partial charge in [0, 0.05) is 31.6 Å². The van der Waals surface area contributed by atoms with Crippen molar-refractivity contribution in [1.82, 2.24) is 4.90 Å². The van der Waals surface area contributed by atoms with Gasteiger partial charge in [-0.05, 0) is 36.5 Å². The average Bonchev–Trinajstić information content (AvgIpc) is 2.69. The summed E-state index contributed by atoms with van der Waals surface area (Å²) in [6.07, 6.45) is 3.99. The zero-order chi connectivity index (χ0) is 15.2. The van der Waals surface area contributed by atoms with Gasteiger partial charge >= 0.3 is 0 Å². The van der Waals surface area contributed by atoms with E-state index in [9.17, 15) is 4.79 Å². The Labute approximate surface area is 127 Å². The first-order valence-electron chi connectivity index (χ1n) is 7.81. The second-order valence-electron chi connectivity index (χ2n) is 5.77. The highest BCUT2D eigenvalue weighted by Gasteiger charge is 2.21. The summed E-state index contributed by atoms with van der Waals surface area (Å²) in [7, 11) is 1.65. The number of carbonyl (C=O) groups is 1. The molecule has 0 saturated carbocycles. The van der Waals surface area contributed by atoms with Crippen molar-refractivity contribution >= 4 is 5.91 Å². The molecule has 1 aliphatic heterocycles. The first-order valence-corrected chi connectivity index (χ1v) is 7.81. The number of nitrogens with two attached hydrogens (primary N) is 1. The molecule has 2 rings (SSSR count). The predicted octanol–water partition coefficient (Wildman–Crippen LogP) is 2.69. The van der Waals surface area contributed by atoms with E-state index in [1.165, 1.54) is 6.42 Å². The fourth-order valence-electron chi connectivity index (χ4n) is 2.98. The molecular formula is C17H26N2O2. The van der Waals surface area contributed by atoms with Crippen LogP contribution in [-0.4, -0.2) is 24.5 Å². The Morgan fingerprint density at radius 2 is 2.19 bits per heavy atom. The monoisotopic (exact) mass is 290 g/mol. The zero-order valence-corrected chi connectivity index (χ0v) is 13.1. The summed E-state index contributed by atoms with van der Waals surface area (Å²) in [4.78, 5) is 14.2. The minimum Gasteiger partial charge on any atom is -0.496 e. The highest BCUT2D eigenvalue weighted by molar-refractivity contribution is 5.76. The number of hydrogen-bond donors (Lipinski definition) is 1. The lowest BCUT2D eigenvalue weighted by molar-refractivity contribution is -0.131. The molecule has 1 aromatic carbocycles. The van der Waals surface area contributed by atoms with Crippen LogP contribution in [0.4, 0.5) is 0 Å². The molecule has 1 amide bonds. The van der Waals surface area contributed by atoms with Gasteiger partial charge in [-0.2, -0.15) is 0 Å². The van der Waals surface area contributed by atoms with Crippen LogP contribution in [0.5, 0.6) is 5.75 Å². The molecule has 4 heteroatoms. The molecule has 0 spiro atoms. The minimum atomic E-state index is 0.274. The number of hydrogen-bond acceptors (Lipinski definition) is 3. The summed E-state index contributed by atoms with van der Waals surface area (Å²) < 4.78 is 5.29. The normalized spacial score (nSPS) is 19.5. The largest absolute Gasteiger partial charge is 0.496 e. The number of likely N-dealkylation sites (tertiary alicyclic amines) is 1. The second-order valence-corrected chi connectivity index (χ2v) is 5.77. The van der Waals surface area contributed by atoms with Crippen LogP contribution < -0.4 is 10.5 Å². The van der Waals surface area contributed by atoms with E-state index in [2.05, 4.69) is 6.92 Å². The summed E-state index contributed by atoms with van der Waals surface area (Å²) >= 11 is 0. The Bertz CT molecular complexity index is 488. The summed E-state index contributed by atoms with van der Waals surface area (Å²) in [5.41, 5.74) is 7.87. The van der Waals surface area contributed by atoms with Gasteiger partial charge < -0.3 is 15.4 Å². The quantitative estimate of drug-likeness (QED) is 0.907. The molecule has 0 radical (unpaired) electrons. The third-order valence-corrected chi connectivity index (χ3v) is 4.44. The van der Waals surface area contributed by atoms with E-state index in [-0.39, 0.29) is 5.91 Å². The average molecular weight is 290 g/mol. The molecule has 2 N–H and O–H groups in total. The van der Waals surface area contributed by atoms with Crippen LogP contribution in [0.3, 0.4) is 0 Å². The number of benzene rings is 1. The highest BCUT2D eigenvalue weighted by Crippen LogP contribution is 2.24. The van der Waals surface area contributed by atoms with Crippen LogP contribution >= 0.6 is 0 Å². The zero-order valence-electron chi connectivity index (χ0n) is 13.1. The molecule has 116 valence electrons. The maximum atomic E-state index is 12.2. The SMILES string of the molecule is CCC1CCC(=O)N(Cc2ccc(OC)c(CN)c2)CC1. The molecule has 0 aromatic heterocycles. The van der Waals surface area contributed by atoms with Crippen LogP contribution in [0.1, 0.15) is 43.7 Å². The van der Waals surface area contributed by atoms with Crippen molar-refractivity contribution in [3.63, 3.8) is 0 Å². The molecule has 21 heavy (non-hydrogen) atoms. The number of carbonyl (C=O) groups excluding carboxylic acids is 1. The van der Waals surface area contributed by atoms with Gasteiger partial charge in [-0.15, -0.1) is 0 Å². The summed E-state index contributed by atoms with van der Waals surface area (Å²) in [6, 6.07) is 6.01. The number of methoxy groups -OCH3 is 1. The van der Waals surface area contributed by atoms with E-state index in [1.54, 1.807) is 7.11 Å². The topological polar surface area (TPSA) is 55.6 Å². The van der Waals surface area contributed by atoms with Gasteiger partial charge in [0.1, 0.15) is 5.75 Å². The van der Waals surface area contributed by atoms with Gasteiger partial charge in [0.05, 0.1) is 7.11 Å². The van der Waals surface area contributed by atoms with Crippen molar-refractivity contribution in [3.8, 4) is 5.75 Å². The van der Waals surface area contributed by atoms with Gasteiger partial charge in [-0.25, -0.2) is 0 Å². The predicted molar refractivity (Wildman–Crippen MR) is 83.9 cm³/mol. The van der Waals surface area contributed by atoms with Gasteiger partial charge in [-0.1, -0.05) is 19.4 Å². The number of nitrogens with zero attached hydrogens (tertiary/aromatic N) is 1. The standard InChI is InChI=1S/C17H26N2O2/c1-3-13-5-7-17(20)19(9-8-13)12-14-4-6-16(21-2)15(10-14)11-18/h4,6,10,13H,3,5,7-9,11-12,18H2,1-2H3. The van der Waals surface area contributed by atoms with Gasteiger partial charge in [0.25, 0.3) is 0 Å². The molecule has 1 atom stereocenters. The van der Waals surface area contributed by atoms with Crippen LogP contribution in [-0.2, 0) is 17.9 Å². The summed E-state index contributed by atoms with van der Waals surface area (Å²) in [5, 5.41) is 0. The molecule has 1 heterocycles. The summed E-state index contributed by atoms with van der Waals surface area (Å²) in [6.45, 7) is 4.19. The fraction of sp³-hybridized carbons (Fsp3) is 0.588. The second kappa shape index (κ2) is 7.46. The Hall–Kier alpha value is -1.55. The number of rotatable bonds is 5. The van der Waals surface area contributed by atoms with Crippen LogP contribution in [0, 0.1) is 5.92 Å². The first-order chi connectivity index (χ1) is 10.2. The maximum absolute atomic E-state index is 12.2. The van der Waals surface area contributed by atoms with Crippen LogP contribution in [0.25, 0.3) is 0 Å². The third kappa shape index (κ3) is 3.97. The van der Waals surface area contributed by atoms with Crippen LogP contribution in [0.15, 0.2) is 18.2 Å². The smallest absolute Gasteiger partial charge is 0.222 e. The molecule has 1 aromatic rings. The lowest BCUT2D eigenvalue weighted by Gasteiger charge is -2.21. The van der Waals surface area contributed by atoms with E-state index >= 15 is 0 Å². The third-order valence-electron chi connectivity index (χ3n) is 4.44. The Morgan fingerprint density at radius 1 is 1.38 bits per heavy atom. The Morgan fingerprint density at radius 3 is 2.86 bits per heavy atom. The molecule has 1 fully saturated rings. The van der Waals surface area contributed by atoms with Crippen molar-refractivity contribution in [2.75, 3.05) is 13.7 Å². The van der Waals surface area contributed by atoms with Crippen molar-refractivity contribution in [2.24, 2.45) is 11.7 Å². The van der Waals surface area contributed by atoms with Gasteiger partial charge in [0.15, 0.2) is 0 Å². The van der Waals surface area contributed by atoms with E-state index in [0.717, 1.165) is 36.3 Å². The lowest BCUT2D eigenvalue weighted by atomic mass is 9.98. The molecule has 0 aliphatic carbocycles. The minimum absolute atomic E-state index is 0.274. The summed E-state index contributed by atoms with van der Waals surface area (Å²) in [5.74, 6) is 1.78. The molecule has 1 unspecified atom stereocenters.